The van der Waals surface area contributed by atoms with Gasteiger partial charge in [0.05, 0.1) is 0 Å². The minimum atomic E-state index is 0. The zero-order valence-corrected chi connectivity index (χ0v) is 13.3. The van der Waals surface area contributed by atoms with Gasteiger partial charge in [0.15, 0.2) is 0 Å². The number of benzene rings is 1. The van der Waals surface area contributed by atoms with Crippen LogP contribution in [0.1, 0.15) is 12.8 Å². The molecule has 19 heavy (non-hydrogen) atoms. The van der Waals surface area contributed by atoms with E-state index >= 15 is 0 Å². The number of hydrogen-bond donors (Lipinski definition) is 2. The number of nitrogens with one attached hydrogen (secondary N) is 2. The van der Waals surface area contributed by atoms with E-state index in [1.807, 2.05) is 31.3 Å². The van der Waals surface area contributed by atoms with Crippen LogP contribution in [0.3, 0.4) is 0 Å². The van der Waals surface area contributed by atoms with Crippen LogP contribution in [0.5, 0.6) is 0 Å². The summed E-state index contributed by atoms with van der Waals surface area (Å²) in [4.78, 5) is 12.6. The summed E-state index contributed by atoms with van der Waals surface area (Å²) in [5.74, 6) is 0.909. The minimum Gasteiger partial charge on any atom is -0.356 e. The van der Waals surface area contributed by atoms with E-state index < -0.39 is 0 Å². The fraction of sp³-hybridized carbons (Fsp3) is 0.462. The summed E-state index contributed by atoms with van der Waals surface area (Å²) in [5.41, 5.74) is 0. The van der Waals surface area contributed by atoms with Crippen LogP contribution in [0.25, 0.3) is 0 Å². The van der Waals surface area contributed by atoms with Gasteiger partial charge in [0.2, 0.25) is 5.91 Å². The molecule has 1 amide bonds. The highest BCUT2D eigenvalue weighted by Gasteiger charge is 2.01. The van der Waals surface area contributed by atoms with Gasteiger partial charge in [-0.15, -0.1) is 24.2 Å². The molecule has 0 aromatic heterocycles. The molecule has 1 aromatic carbocycles. The Bertz CT molecular complexity index is 360. The molecule has 1 rings (SSSR count). The van der Waals surface area contributed by atoms with Crippen LogP contribution in [0, 0.1) is 0 Å². The van der Waals surface area contributed by atoms with Gasteiger partial charge in [0.1, 0.15) is 0 Å². The van der Waals surface area contributed by atoms with E-state index in [0.29, 0.717) is 6.42 Å². The highest BCUT2D eigenvalue weighted by atomic mass is 35.5. The molecule has 0 saturated carbocycles. The number of carbonyl (C=O) groups excluding carboxylic acids is 1. The molecule has 108 valence electrons. The highest BCUT2D eigenvalue weighted by molar-refractivity contribution is 7.99. The van der Waals surface area contributed by atoms with Crippen molar-refractivity contribution in [1.82, 2.24) is 10.6 Å². The van der Waals surface area contributed by atoms with Crippen LogP contribution in [0.15, 0.2) is 29.2 Å². The first kappa shape index (κ1) is 18.6. The lowest BCUT2D eigenvalue weighted by Gasteiger charge is -2.05. The van der Waals surface area contributed by atoms with E-state index in [0.717, 1.165) is 35.2 Å². The zero-order valence-electron chi connectivity index (χ0n) is 10.9. The second-order valence-corrected chi connectivity index (χ2v) is 5.46. The van der Waals surface area contributed by atoms with Crippen LogP contribution < -0.4 is 10.6 Å². The molecule has 0 spiro atoms. The number of carbonyl (C=O) groups is 1. The normalized spacial score (nSPS) is 9.79. The molecule has 0 atom stereocenters. The summed E-state index contributed by atoms with van der Waals surface area (Å²) in [6.07, 6.45) is 1.51. The van der Waals surface area contributed by atoms with Crippen LogP contribution >= 0.6 is 35.8 Å². The Balaban J connectivity index is 0.00000324. The third-order valence-electron chi connectivity index (χ3n) is 2.34. The molecule has 0 radical (unpaired) electrons. The summed E-state index contributed by atoms with van der Waals surface area (Å²) in [6, 6.07) is 7.67. The Morgan fingerprint density at radius 1 is 1.26 bits per heavy atom. The number of rotatable bonds is 8. The smallest absolute Gasteiger partial charge is 0.220 e. The lowest BCUT2D eigenvalue weighted by Crippen LogP contribution is -2.26. The number of hydrogen-bond acceptors (Lipinski definition) is 3. The minimum absolute atomic E-state index is 0. The molecular weight excluding hydrogens is 303 g/mol. The second-order valence-electron chi connectivity index (χ2n) is 3.86. The first-order chi connectivity index (χ1) is 8.72. The molecule has 0 aliphatic carbocycles. The average molecular weight is 323 g/mol. The van der Waals surface area contributed by atoms with Crippen molar-refractivity contribution in [3.63, 3.8) is 0 Å². The van der Waals surface area contributed by atoms with Crippen LogP contribution in [0.2, 0.25) is 5.02 Å². The summed E-state index contributed by atoms with van der Waals surface area (Å²) < 4.78 is 0. The second kappa shape index (κ2) is 11.4. The van der Waals surface area contributed by atoms with Crippen LogP contribution in [-0.2, 0) is 4.79 Å². The topological polar surface area (TPSA) is 41.1 Å². The van der Waals surface area contributed by atoms with Gasteiger partial charge in [0.25, 0.3) is 0 Å². The molecule has 0 aliphatic rings. The molecule has 0 unspecified atom stereocenters. The molecule has 3 nitrogen and oxygen atoms in total. The van der Waals surface area contributed by atoms with E-state index in [4.69, 9.17) is 11.6 Å². The van der Waals surface area contributed by atoms with Crippen molar-refractivity contribution in [2.24, 2.45) is 0 Å². The van der Waals surface area contributed by atoms with Crippen molar-refractivity contribution in [2.75, 3.05) is 25.9 Å². The van der Waals surface area contributed by atoms with E-state index in [2.05, 4.69) is 10.6 Å². The lowest BCUT2D eigenvalue weighted by molar-refractivity contribution is -0.120. The van der Waals surface area contributed by atoms with Gasteiger partial charge in [-0.3, -0.25) is 4.79 Å². The Morgan fingerprint density at radius 2 is 1.95 bits per heavy atom. The number of halogens is 2. The van der Waals surface area contributed by atoms with E-state index in [1.165, 1.54) is 0 Å². The Morgan fingerprint density at radius 3 is 2.58 bits per heavy atom. The number of amides is 1. The zero-order chi connectivity index (χ0) is 13.2. The van der Waals surface area contributed by atoms with Crippen molar-refractivity contribution < 1.29 is 4.79 Å². The molecule has 6 heteroatoms. The number of thioether (sulfide) groups is 1. The fourth-order valence-electron chi connectivity index (χ4n) is 1.37. The van der Waals surface area contributed by atoms with E-state index in [-0.39, 0.29) is 18.3 Å². The molecular formula is C13H20Cl2N2OS. The maximum atomic E-state index is 11.5. The molecule has 1 aromatic rings. The van der Waals surface area contributed by atoms with Gasteiger partial charge >= 0.3 is 0 Å². The van der Waals surface area contributed by atoms with Gasteiger partial charge in [-0.05, 0) is 44.3 Å². The first-order valence-corrected chi connectivity index (χ1v) is 7.38. The predicted octanol–water partition coefficient (Wildman–Crippen LogP) is 2.97. The Labute approximate surface area is 130 Å². The molecule has 0 bridgehead atoms. The Kier molecular flexibility index (Phi) is 11.2. The summed E-state index contributed by atoms with van der Waals surface area (Å²) in [5, 5.41) is 6.68. The quantitative estimate of drug-likeness (QED) is 0.571. The van der Waals surface area contributed by atoms with Crippen molar-refractivity contribution in [2.45, 2.75) is 17.7 Å². The van der Waals surface area contributed by atoms with Crippen molar-refractivity contribution in [3.05, 3.63) is 29.3 Å². The standard InChI is InChI=1S/C13H19ClN2OS.ClH/c1-15-8-2-9-16-13(17)7-10-18-12-5-3-11(14)4-6-12;/h3-6,15H,2,7-10H2,1H3,(H,16,17);1H. The molecule has 2 N–H and O–H groups in total. The van der Waals surface area contributed by atoms with Crippen molar-refractivity contribution in [3.8, 4) is 0 Å². The van der Waals surface area contributed by atoms with Crippen molar-refractivity contribution >= 4 is 41.7 Å². The van der Waals surface area contributed by atoms with Crippen molar-refractivity contribution in [1.29, 1.82) is 0 Å². The van der Waals surface area contributed by atoms with Gasteiger partial charge in [-0.2, -0.15) is 0 Å². The monoisotopic (exact) mass is 322 g/mol. The highest BCUT2D eigenvalue weighted by Crippen LogP contribution is 2.20. The summed E-state index contributed by atoms with van der Waals surface area (Å²) in [7, 11) is 1.91. The van der Waals surface area contributed by atoms with Gasteiger partial charge in [-0.1, -0.05) is 11.6 Å². The third-order valence-corrected chi connectivity index (χ3v) is 3.60. The predicted molar refractivity (Wildman–Crippen MR) is 85.6 cm³/mol. The van der Waals surface area contributed by atoms with E-state index in [9.17, 15) is 4.79 Å². The molecule has 0 saturated heterocycles. The summed E-state index contributed by atoms with van der Waals surface area (Å²) in [6.45, 7) is 1.67. The third kappa shape index (κ3) is 9.16. The maximum Gasteiger partial charge on any atom is 0.220 e. The van der Waals surface area contributed by atoms with Crippen LogP contribution in [-0.4, -0.2) is 31.8 Å². The summed E-state index contributed by atoms with van der Waals surface area (Å²) >= 11 is 7.47. The maximum absolute atomic E-state index is 11.5. The van der Waals surface area contributed by atoms with E-state index in [1.54, 1.807) is 11.8 Å². The first-order valence-electron chi connectivity index (χ1n) is 6.02. The largest absolute Gasteiger partial charge is 0.356 e. The molecule has 0 heterocycles. The van der Waals surface area contributed by atoms with Gasteiger partial charge < -0.3 is 10.6 Å². The Hall–Kier alpha value is -0.420. The molecule has 0 aliphatic heterocycles. The lowest BCUT2D eigenvalue weighted by atomic mass is 10.4. The van der Waals surface area contributed by atoms with Gasteiger partial charge in [-0.25, -0.2) is 0 Å². The van der Waals surface area contributed by atoms with Gasteiger partial charge in [0, 0.05) is 28.6 Å². The SMILES string of the molecule is CNCCCNC(=O)CCSc1ccc(Cl)cc1.Cl. The van der Waals surface area contributed by atoms with Crippen LogP contribution in [0.4, 0.5) is 0 Å². The average Bonchev–Trinajstić information content (AvgIpc) is 2.37. The fourth-order valence-corrected chi connectivity index (χ4v) is 2.35. The molecule has 0 fully saturated rings.